The Morgan fingerprint density at radius 2 is 1.63 bits per heavy atom. The van der Waals surface area contributed by atoms with Gasteiger partial charge in [0.15, 0.2) is 0 Å². The molecule has 0 spiro atoms. The highest BCUT2D eigenvalue weighted by Gasteiger charge is 2.25. The molecule has 0 aromatic heterocycles. The van der Waals surface area contributed by atoms with Crippen LogP contribution >= 0.6 is 0 Å². The van der Waals surface area contributed by atoms with Crippen LogP contribution in [0.3, 0.4) is 0 Å². The number of ether oxygens (including phenoxy) is 1. The molecule has 0 aromatic carbocycles. The second kappa shape index (κ2) is 9.82. The van der Waals surface area contributed by atoms with Crippen molar-refractivity contribution < 1.29 is 19.4 Å². The number of carboxylic acids is 1. The van der Waals surface area contributed by atoms with E-state index in [1.54, 1.807) is 0 Å². The third-order valence-electron chi connectivity index (χ3n) is 3.73. The summed E-state index contributed by atoms with van der Waals surface area (Å²) in [6.45, 7) is 0.607. The zero-order valence-corrected chi connectivity index (χ0v) is 11.7. The van der Waals surface area contributed by atoms with Crippen molar-refractivity contribution in [2.75, 3.05) is 6.61 Å². The molecule has 0 bridgehead atoms. The Bertz CT molecular complexity index is 275. The van der Waals surface area contributed by atoms with E-state index in [4.69, 9.17) is 4.74 Å². The highest BCUT2D eigenvalue weighted by atomic mass is 16.5. The highest BCUT2D eigenvalue weighted by Crippen LogP contribution is 2.21. The summed E-state index contributed by atoms with van der Waals surface area (Å²) in [6.07, 6.45) is 10.8. The van der Waals surface area contributed by atoms with E-state index >= 15 is 0 Å². The topological polar surface area (TPSA) is 66.4 Å². The molecule has 1 atom stereocenters. The van der Waals surface area contributed by atoms with Gasteiger partial charge in [-0.1, -0.05) is 44.9 Å². The molecule has 110 valence electrons. The molecule has 0 radical (unpaired) electrons. The molecular weight excluding hydrogens is 244 g/mol. The smallest absolute Gasteiger partial charge is 0.309 e. The first-order chi connectivity index (χ1) is 9.20. The van der Waals surface area contributed by atoms with Gasteiger partial charge < -0.3 is 14.6 Å². The lowest BCUT2D eigenvalue weighted by atomic mass is 9.99. The number of aliphatic carboxylic acids is 1. The van der Waals surface area contributed by atoms with Crippen LogP contribution < -0.4 is 5.11 Å². The van der Waals surface area contributed by atoms with Gasteiger partial charge in [-0.2, -0.15) is 0 Å². The fourth-order valence-corrected chi connectivity index (χ4v) is 2.52. The predicted octanol–water partition coefficient (Wildman–Crippen LogP) is 2.20. The van der Waals surface area contributed by atoms with Crippen LogP contribution in [0.25, 0.3) is 0 Å². The van der Waals surface area contributed by atoms with E-state index < -0.39 is 5.97 Å². The fraction of sp³-hybridized carbons (Fsp3) is 0.867. The number of unbranched alkanes of at least 4 members (excludes halogenated alkanes) is 7. The average Bonchev–Trinajstić information content (AvgIpc) is 2.77. The van der Waals surface area contributed by atoms with E-state index in [9.17, 15) is 14.7 Å². The molecule has 0 aromatic rings. The van der Waals surface area contributed by atoms with Crippen LogP contribution in [0.15, 0.2) is 0 Å². The first-order valence-electron chi connectivity index (χ1n) is 7.56. The minimum absolute atomic E-state index is 0.00656. The molecular formula is C15H25O4-. The summed E-state index contributed by atoms with van der Waals surface area (Å²) >= 11 is 0. The van der Waals surface area contributed by atoms with Gasteiger partial charge in [-0.05, 0) is 25.7 Å². The summed E-state index contributed by atoms with van der Waals surface area (Å²) in [4.78, 5) is 21.4. The second-order valence-electron chi connectivity index (χ2n) is 5.39. The third-order valence-corrected chi connectivity index (χ3v) is 3.73. The second-order valence-corrected chi connectivity index (χ2v) is 5.39. The van der Waals surface area contributed by atoms with Gasteiger partial charge in [-0.25, -0.2) is 0 Å². The van der Waals surface area contributed by atoms with E-state index in [1.165, 1.54) is 25.7 Å². The van der Waals surface area contributed by atoms with Gasteiger partial charge >= 0.3 is 5.97 Å². The van der Waals surface area contributed by atoms with E-state index in [0.717, 1.165) is 38.5 Å². The van der Waals surface area contributed by atoms with Crippen LogP contribution in [0.1, 0.15) is 70.6 Å². The number of hydrogen-bond acceptors (Lipinski definition) is 4. The molecule has 0 amide bonds. The number of esters is 1. The average molecular weight is 269 g/mol. The molecule has 19 heavy (non-hydrogen) atoms. The number of cyclic esters (lactones) is 1. The van der Waals surface area contributed by atoms with Crippen LogP contribution in [0, 0.1) is 5.92 Å². The van der Waals surface area contributed by atoms with Gasteiger partial charge in [0.05, 0.1) is 12.5 Å². The Morgan fingerprint density at radius 3 is 2.16 bits per heavy atom. The minimum Gasteiger partial charge on any atom is -0.550 e. The lowest BCUT2D eigenvalue weighted by Gasteiger charge is -2.05. The van der Waals surface area contributed by atoms with Crippen LogP contribution in [0.4, 0.5) is 0 Å². The Kier molecular flexibility index (Phi) is 8.26. The molecule has 4 nitrogen and oxygen atoms in total. The first kappa shape index (κ1) is 16.0. The lowest BCUT2D eigenvalue weighted by molar-refractivity contribution is -0.305. The standard InChI is InChI=1S/C15H26O4/c16-14(17)10-8-6-4-2-1-3-5-7-9-13-11-12-19-15(13)18/h13H,1-12H2,(H,16,17)/p-1/t13-/m0/s1. The van der Waals surface area contributed by atoms with E-state index in [-0.39, 0.29) is 18.3 Å². The summed E-state index contributed by atoms with van der Waals surface area (Å²) < 4.78 is 4.93. The summed E-state index contributed by atoms with van der Waals surface area (Å²) in [5, 5.41) is 10.2. The van der Waals surface area contributed by atoms with Crippen molar-refractivity contribution in [3.05, 3.63) is 0 Å². The van der Waals surface area contributed by atoms with Gasteiger partial charge in [-0.3, -0.25) is 4.79 Å². The van der Waals surface area contributed by atoms with Crippen LogP contribution in [0.5, 0.6) is 0 Å². The van der Waals surface area contributed by atoms with Gasteiger partial charge in [-0.15, -0.1) is 0 Å². The molecule has 1 saturated heterocycles. The number of rotatable bonds is 11. The number of carbonyl (C=O) groups excluding carboxylic acids is 2. The van der Waals surface area contributed by atoms with Gasteiger partial charge in [0.2, 0.25) is 0 Å². The van der Waals surface area contributed by atoms with Crippen LogP contribution in [-0.4, -0.2) is 18.5 Å². The molecule has 0 N–H and O–H groups in total. The molecule has 0 aliphatic carbocycles. The molecule has 1 aliphatic rings. The van der Waals surface area contributed by atoms with Crippen molar-refractivity contribution in [2.24, 2.45) is 5.92 Å². The Balaban J connectivity index is 1.78. The van der Waals surface area contributed by atoms with Gasteiger partial charge in [0.25, 0.3) is 0 Å². The van der Waals surface area contributed by atoms with Gasteiger partial charge in [0.1, 0.15) is 0 Å². The van der Waals surface area contributed by atoms with Gasteiger partial charge in [0, 0.05) is 5.97 Å². The quantitative estimate of drug-likeness (QED) is 0.426. The molecule has 1 rings (SSSR count). The lowest BCUT2D eigenvalue weighted by Crippen LogP contribution is -2.21. The maximum atomic E-state index is 11.2. The third kappa shape index (κ3) is 7.85. The number of hydrogen-bond donors (Lipinski definition) is 0. The fourth-order valence-electron chi connectivity index (χ4n) is 2.52. The predicted molar refractivity (Wildman–Crippen MR) is 70.2 cm³/mol. The molecule has 1 aliphatic heterocycles. The highest BCUT2D eigenvalue weighted by molar-refractivity contribution is 5.73. The van der Waals surface area contributed by atoms with E-state index in [0.29, 0.717) is 6.61 Å². The number of carbonyl (C=O) groups is 2. The molecule has 1 fully saturated rings. The maximum Gasteiger partial charge on any atom is 0.309 e. The Hall–Kier alpha value is -1.06. The molecule has 1 heterocycles. The van der Waals surface area contributed by atoms with Crippen molar-refractivity contribution in [2.45, 2.75) is 70.6 Å². The van der Waals surface area contributed by atoms with Crippen molar-refractivity contribution in [3.63, 3.8) is 0 Å². The molecule has 0 saturated carbocycles. The zero-order valence-electron chi connectivity index (χ0n) is 11.7. The largest absolute Gasteiger partial charge is 0.550 e. The molecule has 4 heteroatoms. The first-order valence-corrected chi connectivity index (χ1v) is 7.56. The van der Waals surface area contributed by atoms with Crippen LogP contribution in [0.2, 0.25) is 0 Å². The summed E-state index contributed by atoms with van der Waals surface area (Å²) in [6, 6.07) is 0. The number of carboxylic acid groups (broad SMARTS) is 1. The minimum atomic E-state index is -0.939. The maximum absolute atomic E-state index is 11.2. The normalized spacial score (nSPS) is 18.5. The Morgan fingerprint density at radius 1 is 1.05 bits per heavy atom. The SMILES string of the molecule is O=C([O-])CCCCCCCCCC[C@H]1CCOC1=O. The summed E-state index contributed by atoms with van der Waals surface area (Å²) in [7, 11) is 0. The monoisotopic (exact) mass is 269 g/mol. The summed E-state index contributed by atoms with van der Waals surface area (Å²) in [5.74, 6) is -0.789. The zero-order chi connectivity index (χ0) is 13.9. The summed E-state index contributed by atoms with van der Waals surface area (Å²) in [5.41, 5.74) is 0. The van der Waals surface area contributed by atoms with Crippen molar-refractivity contribution >= 4 is 11.9 Å². The van der Waals surface area contributed by atoms with Crippen LogP contribution in [-0.2, 0) is 14.3 Å². The Labute approximate surface area is 115 Å². The van der Waals surface area contributed by atoms with E-state index in [1.807, 2.05) is 0 Å². The van der Waals surface area contributed by atoms with E-state index in [2.05, 4.69) is 0 Å². The van der Waals surface area contributed by atoms with Crippen molar-refractivity contribution in [1.29, 1.82) is 0 Å². The van der Waals surface area contributed by atoms with Crippen molar-refractivity contribution in [1.82, 2.24) is 0 Å². The molecule has 0 unspecified atom stereocenters. The van der Waals surface area contributed by atoms with Crippen molar-refractivity contribution in [3.8, 4) is 0 Å².